The Kier molecular flexibility index (Phi) is 4.58. The van der Waals surface area contributed by atoms with Crippen molar-refractivity contribution in [3.8, 4) is 5.69 Å². The first kappa shape index (κ1) is 19.0. The van der Waals surface area contributed by atoms with Gasteiger partial charge >= 0.3 is 0 Å². The van der Waals surface area contributed by atoms with Crippen molar-refractivity contribution < 1.29 is 4.39 Å². The fourth-order valence-electron chi connectivity index (χ4n) is 4.87. The van der Waals surface area contributed by atoms with Gasteiger partial charge in [-0.2, -0.15) is 5.10 Å². The number of hydrogen-bond acceptors (Lipinski definition) is 3. The summed E-state index contributed by atoms with van der Waals surface area (Å²) in [6.07, 6.45) is 6.39. The molecule has 1 aliphatic rings. The van der Waals surface area contributed by atoms with Gasteiger partial charge in [0.1, 0.15) is 5.82 Å². The van der Waals surface area contributed by atoms with Crippen LogP contribution in [0, 0.1) is 5.82 Å². The normalized spacial score (nSPS) is 16.3. The highest BCUT2D eigenvalue weighted by Gasteiger charge is 2.33. The van der Waals surface area contributed by atoms with Crippen LogP contribution in [-0.4, -0.2) is 31.2 Å². The standard InChI is InChI=1S/C26H22FN5/c27-19-9-10-24(32-14-5-13-29-32)18(16-19)17-31-15-11-21-20-6-1-2-7-22(20)30-25(21)26(31)23-8-3-4-12-28-23/h1-10,12-14,16,26,30H,11,15,17H2. The smallest absolute Gasteiger partial charge is 0.123 e. The maximum Gasteiger partial charge on any atom is 0.123 e. The molecule has 0 fully saturated rings. The van der Waals surface area contributed by atoms with Crippen LogP contribution in [0.1, 0.15) is 28.6 Å². The predicted molar refractivity (Wildman–Crippen MR) is 122 cm³/mol. The molecule has 0 radical (unpaired) electrons. The fourth-order valence-corrected chi connectivity index (χ4v) is 4.87. The number of para-hydroxylation sites is 1. The summed E-state index contributed by atoms with van der Waals surface area (Å²) in [4.78, 5) is 10.7. The van der Waals surface area contributed by atoms with E-state index in [1.54, 1.807) is 23.0 Å². The molecule has 0 saturated carbocycles. The first-order valence-electron chi connectivity index (χ1n) is 10.8. The van der Waals surface area contributed by atoms with Crippen LogP contribution in [0.15, 0.2) is 85.3 Å². The van der Waals surface area contributed by atoms with Gasteiger partial charge in [-0.15, -0.1) is 0 Å². The van der Waals surface area contributed by atoms with E-state index >= 15 is 0 Å². The van der Waals surface area contributed by atoms with E-state index in [0.29, 0.717) is 6.54 Å². The molecule has 6 rings (SSSR count). The highest BCUT2D eigenvalue weighted by atomic mass is 19.1. The fraction of sp³-hybridized carbons (Fsp3) is 0.154. The molecule has 1 N–H and O–H groups in total. The van der Waals surface area contributed by atoms with Gasteiger partial charge in [0.25, 0.3) is 0 Å². The highest BCUT2D eigenvalue weighted by molar-refractivity contribution is 5.85. The van der Waals surface area contributed by atoms with Crippen molar-refractivity contribution in [3.63, 3.8) is 0 Å². The van der Waals surface area contributed by atoms with E-state index in [9.17, 15) is 4.39 Å². The van der Waals surface area contributed by atoms with Gasteiger partial charge in [0.05, 0.1) is 17.4 Å². The van der Waals surface area contributed by atoms with Crippen LogP contribution in [0.2, 0.25) is 0 Å². The number of halogens is 1. The topological polar surface area (TPSA) is 49.7 Å². The third-order valence-corrected chi connectivity index (χ3v) is 6.27. The summed E-state index contributed by atoms with van der Waals surface area (Å²) in [7, 11) is 0. The van der Waals surface area contributed by atoms with Crippen molar-refractivity contribution in [3.05, 3.63) is 114 Å². The van der Waals surface area contributed by atoms with Crippen LogP contribution in [-0.2, 0) is 13.0 Å². The monoisotopic (exact) mass is 423 g/mol. The number of aromatic nitrogens is 4. The van der Waals surface area contributed by atoms with Gasteiger partial charge in [-0.1, -0.05) is 24.3 Å². The van der Waals surface area contributed by atoms with Crippen LogP contribution < -0.4 is 0 Å². The zero-order valence-electron chi connectivity index (χ0n) is 17.4. The number of fused-ring (bicyclic) bond motifs is 3. The molecule has 1 unspecified atom stereocenters. The van der Waals surface area contributed by atoms with Crippen molar-refractivity contribution in [2.24, 2.45) is 0 Å². The lowest BCUT2D eigenvalue weighted by Crippen LogP contribution is -2.36. The molecule has 2 aromatic carbocycles. The zero-order chi connectivity index (χ0) is 21.5. The van der Waals surface area contributed by atoms with Gasteiger partial charge in [0.15, 0.2) is 0 Å². The molecule has 0 aliphatic carbocycles. The summed E-state index contributed by atoms with van der Waals surface area (Å²) in [5.41, 5.74) is 6.43. The Balaban J connectivity index is 1.46. The van der Waals surface area contributed by atoms with Gasteiger partial charge in [0.2, 0.25) is 0 Å². The molecule has 6 heteroatoms. The van der Waals surface area contributed by atoms with E-state index in [4.69, 9.17) is 4.98 Å². The molecule has 0 saturated heterocycles. The summed E-state index contributed by atoms with van der Waals surface area (Å²) in [6.45, 7) is 1.44. The van der Waals surface area contributed by atoms with Crippen molar-refractivity contribution in [2.75, 3.05) is 6.54 Å². The number of rotatable bonds is 4. The molecular weight excluding hydrogens is 401 g/mol. The molecular formula is C26H22FN5. The van der Waals surface area contributed by atoms with E-state index in [1.165, 1.54) is 22.7 Å². The molecule has 158 valence electrons. The molecule has 0 bridgehead atoms. The summed E-state index contributed by atoms with van der Waals surface area (Å²) in [6, 6.07) is 21.2. The Morgan fingerprint density at radius 3 is 2.75 bits per heavy atom. The average Bonchev–Trinajstić information content (AvgIpc) is 3.48. The van der Waals surface area contributed by atoms with Crippen molar-refractivity contribution in [1.82, 2.24) is 24.6 Å². The van der Waals surface area contributed by atoms with Crippen LogP contribution in [0.4, 0.5) is 4.39 Å². The second-order valence-corrected chi connectivity index (χ2v) is 8.16. The van der Waals surface area contributed by atoms with Crippen molar-refractivity contribution >= 4 is 10.9 Å². The maximum atomic E-state index is 14.3. The van der Waals surface area contributed by atoms with E-state index in [-0.39, 0.29) is 11.9 Å². The highest BCUT2D eigenvalue weighted by Crippen LogP contribution is 2.38. The minimum atomic E-state index is -0.242. The maximum absolute atomic E-state index is 14.3. The minimum absolute atomic E-state index is 0.0407. The molecule has 3 aromatic heterocycles. The van der Waals surface area contributed by atoms with Gasteiger partial charge in [0, 0.05) is 48.3 Å². The lowest BCUT2D eigenvalue weighted by atomic mass is 9.94. The molecule has 4 heterocycles. The number of benzene rings is 2. The Labute approximate surface area is 185 Å². The van der Waals surface area contributed by atoms with Gasteiger partial charge in [-0.3, -0.25) is 9.88 Å². The first-order chi connectivity index (χ1) is 15.8. The first-order valence-corrected chi connectivity index (χ1v) is 10.8. The van der Waals surface area contributed by atoms with E-state index in [1.807, 2.05) is 30.6 Å². The molecule has 5 nitrogen and oxygen atoms in total. The quantitative estimate of drug-likeness (QED) is 0.441. The number of aromatic amines is 1. The molecule has 1 atom stereocenters. The third kappa shape index (κ3) is 3.20. The second-order valence-electron chi connectivity index (χ2n) is 8.16. The Morgan fingerprint density at radius 2 is 1.91 bits per heavy atom. The number of nitrogens with zero attached hydrogens (tertiary/aromatic N) is 4. The van der Waals surface area contributed by atoms with Crippen molar-refractivity contribution in [2.45, 2.75) is 19.0 Å². The van der Waals surface area contributed by atoms with Crippen LogP contribution in [0.3, 0.4) is 0 Å². The molecule has 1 aliphatic heterocycles. The largest absolute Gasteiger partial charge is 0.357 e. The Morgan fingerprint density at radius 1 is 1.00 bits per heavy atom. The van der Waals surface area contributed by atoms with Gasteiger partial charge in [-0.25, -0.2) is 9.07 Å². The second kappa shape index (κ2) is 7.73. The number of nitrogens with one attached hydrogen (secondary N) is 1. The summed E-state index contributed by atoms with van der Waals surface area (Å²) >= 11 is 0. The van der Waals surface area contributed by atoms with Crippen LogP contribution in [0.25, 0.3) is 16.6 Å². The van der Waals surface area contributed by atoms with Gasteiger partial charge < -0.3 is 4.98 Å². The summed E-state index contributed by atoms with van der Waals surface area (Å²) in [5, 5.41) is 5.64. The SMILES string of the molecule is Fc1ccc(-n2cccn2)c(CN2CCc3c([nH]c4ccccc34)C2c2ccccn2)c1. The number of hydrogen-bond donors (Lipinski definition) is 1. The lowest BCUT2D eigenvalue weighted by molar-refractivity contribution is 0.198. The van der Waals surface area contributed by atoms with E-state index < -0.39 is 0 Å². The number of pyridine rings is 1. The third-order valence-electron chi connectivity index (χ3n) is 6.27. The Bertz CT molecular complexity index is 1370. The predicted octanol–water partition coefficient (Wildman–Crippen LogP) is 5.04. The average molecular weight is 423 g/mol. The summed E-state index contributed by atoms with van der Waals surface area (Å²) < 4.78 is 16.1. The van der Waals surface area contributed by atoms with E-state index in [0.717, 1.165) is 35.4 Å². The molecule has 32 heavy (non-hydrogen) atoms. The van der Waals surface area contributed by atoms with Crippen molar-refractivity contribution in [1.29, 1.82) is 0 Å². The Hall–Kier alpha value is -3.77. The van der Waals surface area contributed by atoms with Crippen LogP contribution >= 0.6 is 0 Å². The molecule has 5 aromatic rings. The van der Waals surface area contributed by atoms with Gasteiger partial charge in [-0.05, 0) is 60.0 Å². The minimum Gasteiger partial charge on any atom is -0.357 e. The zero-order valence-corrected chi connectivity index (χ0v) is 17.4. The molecule has 0 amide bonds. The lowest BCUT2D eigenvalue weighted by Gasteiger charge is -2.36. The van der Waals surface area contributed by atoms with Crippen LogP contribution in [0.5, 0.6) is 0 Å². The molecule has 0 spiro atoms. The number of H-pyrrole nitrogens is 1. The van der Waals surface area contributed by atoms with E-state index in [2.05, 4.69) is 45.3 Å². The summed E-state index contributed by atoms with van der Waals surface area (Å²) in [5.74, 6) is -0.242.